The van der Waals surface area contributed by atoms with Gasteiger partial charge in [-0.2, -0.15) is 0 Å². The highest BCUT2D eigenvalue weighted by molar-refractivity contribution is 5.78. The quantitative estimate of drug-likeness (QED) is 0.829. The molecular formula is C19H21F3N2O. The van der Waals surface area contributed by atoms with Crippen LogP contribution >= 0.6 is 0 Å². The molecule has 0 saturated carbocycles. The van der Waals surface area contributed by atoms with Crippen molar-refractivity contribution in [2.45, 2.75) is 19.4 Å². The second-order valence-corrected chi connectivity index (χ2v) is 5.99. The summed E-state index contributed by atoms with van der Waals surface area (Å²) in [5.41, 5.74) is 1.53. The highest BCUT2D eigenvalue weighted by Crippen LogP contribution is 2.20. The molecule has 134 valence electrons. The summed E-state index contributed by atoms with van der Waals surface area (Å²) in [6, 6.07) is 9.62. The van der Waals surface area contributed by atoms with E-state index in [1.54, 1.807) is 24.1 Å². The minimum atomic E-state index is -0.901. The van der Waals surface area contributed by atoms with Gasteiger partial charge in [-0.25, -0.2) is 13.2 Å². The molecule has 0 radical (unpaired) electrons. The third kappa shape index (κ3) is 5.60. The van der Waals surface area contributed by atoms with Crippen molar-refractivity contribution >= 4 is 5.91 Å². The predicted molar refractivity (Wildman–Crippen MR) is 90.5 cm³/mol. The van der Waals surface area contributed by atoms with E-state index in [0.29, 0.717) is 18.5 Å². The first-order valence-corrected chi connectivity index (χ1v) is 8.03. The van der Waals surface area contributed by atoms with Crippen LogP contribution in [0.15, 0.2) is 42.5 Å². The van der Waals surface area contributed by atoms with Crippen molar-refractivity contribution in [3.63, 3.8) is 0 Å². The molecule has 0 fully saturated rings. The molecule has 3 nitrogen and oxygen atoms in total. The van der Waals surface area contributed by atoms with Gasteiger partial charge in [0.05, 0.1) is 6.54 Å². The number of carbonyl (C=O) groups is 1. The molecule has 0 saturated heterocycles. The monoisotopic (exact) mass is 350 g/mol. The zero-order valence-corrected chi connectivity index (χ0v) is 14.2. The largest absolute Gasteiger partial charge is 0.355 e. The summed E-state index contributed by atoms with van der Waals surface area (Å²) in [5.74, 6) is -2.25. The fourth-order valence-electron chi connectivity index (χ4n) is 2.44. The molecule has 25 heavy (non-hydrogen) atoms. The zero-order valence-electron chi connectivity index (χ0n) is 14.2. The Morgan fingerprint density at radius 3 is 2.40 bits per heavy atom. The summed E-state index contributed by atoms with van der Waals surface area (Å²) in [5, 5.41) is 2.80. The Kier molecular flexibility index (Phi) is 6.58. The average Bonchev–Trinajstić information content (AvgIpc) is 2.58. The Morgan fingerprint density at radius 2 is 1.76 bits per heavy atom. The van der Waals surface area contributed by atoms with Gasteiger partial charge < -0.3 is 5.32 Å². The summed E-state index contributed by atoms with van der Waals surface area (Å²) in [7, 11) is 1.74. The zero-order chi connectivity index (χ0) is 18.4. The van der Waals surface area contributed by atoms with Gasteiger partial charge in [0.15, 0.2) is 11.6 Å². The van der Waals surface area contributed by atoms with E-state index in [9.17, 15) is 18.0 Å². The normalized spacial score (nSPS) is 12.2. The SMILES string of the molecule is CC(c1ccc(F)c(F)c1)N(C)CC(=O)NCCc1ccc(F)cc1. The molecule has 0 aliphatic heterocycles. The van der Waals surface area contributed by atoms with E-state index in [1.807, 2.05) is 6.92 Å². The maximum Gasteiger partial charge on any atom is 0.234 e. The van der Waals surface area contributed by atoms with Crippen LogP contribution in [0.1, 0.15) is 24.1 Å². The molecule has 2 aromatic carbocycles. The third-order valence-corrected chi connectivity index (χ3v) is 4.13. The molecule has 0 aromatic heterocycles. The maximum atomic E-state index is 13.3. The summed E-state index contributed by atoms with van der Waals surface area (Å²) >= 11 is 0. The first-order valence-electron chi connectivity index (χ1n) is 8.03. The van der Waals surface area contributed by atoms with Crippen LogP contribution in [0.3, 0.4) is 0 Å². The fraction of sp³-hybridized carbons (Fsp3) is 0.316. The van der Waals surface area contributed by atoms with Gasteiger partial charge in [0.2, 0.25) is 5.91 Å². The lowest BCUT2D eigenvalue weighted by molar-refractivity contribution is -0.122. The molecule has 0 aliphatic rings. The van der Waals surface area contributed by atoms with Crippen LogP contribution in [0.25, 0.3) is 0 Å². The van der Waals surface area contributed by atoms with E-state index in [0.717, 1.165) is 17.7 Å². The van der Waals surface area contributed by atoms with Crippen molar-refractivity contribution in [3.8, 4) is 0 Å². The van der Waals surface area contributed by atoms with Crippen molar-refractivity contribution in [1.82, 2.24) is 10.2 Å². The lowest BCUT2D eigenvalue weighted by Crippen LogP contribution is -2.37. The van der Waals surface area contributed by atoms with Crippen LogP contribution in [0.5, 0.6) is 0 Å². The first-order chi connectivity index (χ1) is 11.9. The van der Waals surface area contributed by atoms with E-state index >= 15 is 0 Å². The summed E-state index contributed by atoms with van der Waals surface area (Å²) in [6.45, 7) is 2.39. The molecule has 2 rings (SSSR count). The molecule has 1 atom stereocenters. The number of benzene rings is 2. The number of amides is 1. The Morgan fingerprint density at radius 1 is 1.08 bits per heavy atom. The number of hydrogen-bond donors (Lipinski definition) is 1. The number of nitrogens with one attached hydrogen (secondary N) is 1. The fourth-order valence-corrected chi connectivity index (χ4v) is 2.44. The van der Waals surface area contributed by atoms with Crippen molar-refractivity contribution in [1.29, 1.82) is 0 Å². The van der Waals surface area contributed by atoms with Gasteiger partial charge >= 0.3 is 0 Å². The molecule has 6 heteroatoms. The molecule has 1 amide bonds. The number of halogens is 3. The lowest BCUT2D eigenvalue weighted by Gasteiger charge is -2.24. The van der Waals surface area contributed by atoms with Gasteiger partial charge in [-0.15, -0.1) is 0 Å². The van der Waals surface area contributed by atoms with E-state index in [-0.39, 0.29) is 24.3 Å². The Hall–Kier alpha value is -2.34. The third-order valence-electron chi connectivity index (χ3n) is 4.13. The predicted octanol–water partition coefficient (Wildman–Crippen LogP) is 3.46. The Bertz CT molecular complexity index is 719. The van der Waals surface area contributed by atoms with E-state index < -0.39 is 11.6 Å². The molecule has 0 spiro atoms. The number of rotatable bonds is 7. The van der Waals surface area contributed by atoms with Gasteiger partial charge in [0.25, 0.3) is 0 Å². The average molecular weight is 350 g/mol. The van der Waals surface area contributed by atoms with Crippen LogP contribution in [0, 0.1) is 17.5 Å². The highest BCUT2D eigenvalue weighted by atomic mass is 19.2. The Labute approximate surface area is 145 Å². The van der Waals surface area contributed by atoms with E-state index in [2.05, 4.69) is 5.32 Å². The van der Waals surface area contributed by atoms with Crippen LogP contribution in [0.2, 0.25) is 0 Å². The minimum Gasteiger partial charge on any atom is -0.355 e. The summed E-state index contributed by atoms with van der Waals surface area (Å²) < 4.78 is 39.1. The smallest absolute Gasteiger partial charge is 0.234 e. The summed E-state index contributed by atoms with van der Waals surface area (Å²) in [4.78, 5) is 13.8. The highest BCUT2D eigenvalue weighted by Gasteiger charge is 2.16. The van der Waals surface area contributed by atoms with Crippen molar-refractivity contribution in [2.24, 2.45) is 0 Å². The second kappa shape index (κ2) is 8.67. The van der Waals surface area contributed by atoms with Gasteiger partial charge in [0, 0.05) is 12.6 Å². The molecule has 0 bridgehead atoms. The molecule has 1 unspecified atom stereocenters. The minimum absolute atomic E-state index is 0.129. The van der Waals surface area contributed by atoms with E-state index in [4.69, 9.17) is 0 Å². The molecule has 2 aromatic rings. The van der Waals surface area contributed by atoms with E-state index in [1.165, 1.54) is 18.2 Å². The van der Waals surface area contributed by atoms with Crippen LogP contribution in [-0.2, 0) is 11.2 Å². The van der Waals surface area contributed by atoms with Crippen LogP contribution < -0.4 is 5.32 Å². The lowest BCUT2D eigenvalue weighted by atomic mass is 10.1. The maximum absolute atomic E-state index is 13.3. The molecule has 0 aliphatic carbocycles. The second-order valence-electron chi connectivity index (χ2n) is 5.99. The van der Waals surface area contributed by atoms with Gasteiger partial charge in [-0.1, -0.05) is 18.2 Å². The molecule has 1 N–H and O–H groups in total. The molecular weight excluding hydrogens is 329 g/mol. The van der Waals surface area contributed by atoms with Crippen LogP contribution in [0.4, 0.5) is 13.2 Å². The number of likely N-dealkylation sites (N-methyl/N-ethyl adjacent to an activating group) is 1. The number of nitrogens with zero attached hydrogens (tertiary/aromatic N) is 1. The standard InChI is InChI=1S/C19H21F3N2O/c1-13(15-5-8-17(21)18(22)11-15)24(2)12-19(25)23-10-9-14-3-6-16(20)7-4-14/h3-8,11,13H,9-10,12H2,1-2H3,(H,23,25). The topological polar surface area (TPSA) is 32.3 Å². The summed E-state index contributed by atoms with van der Waals surface area (Å²) in [6.07, 6.45) is 0.606. The van der Waals surface area contributed by atoms with Crippen LogP contribution in [-0.4, -0.2) is 30.9 Å². The van der Waals surface area contributed by atoms with Gasteiger partial charge in [0.1, 0.15) is 5.82 Å². The first kappa shape index (κ1) is 19.0. The molecule has 0 heterocycles. The van der Waals surface area contributed by atoms with Gasteiger partial charge in [-0.3, -0.25) is 9.69 Å². The van der Waals surface area contributed by atoms with Crippen molar-refractivity contribution < 1.29 is 18.0 Å². The van der Waals surface area contributed by atoms with Gasteiger partial charge in [-0.05, 0) is 55.8 Å². The number of hydrogen-bond acceptors (Lipinski definition) is 2. The van der Waals surface area contributed by atoms with Crippen molar-refractivity contribution in [3.05, 3.63) is 71.0 Å². The Balaban J connectivity index is 1.80. The number of carbonyl (C=O) groups excluding carboxylic acids is 1. The van der Waals surface area contributed by atoms with Crippen molar-refractivity contribution in [2.75, 3.05) is 20.1 Å².